The molecule has 2 aliphatic rings. The van der Waals surface area contributed by atoms with Crippen LogP contribution in [-0.2, 0) is 9.53 Å². The molecule has 25 heavy (non-hydrogen) atoms. The van der Waals surface area contributed by atoms with E-state index in [0.29, 0.717) is 0 Å². The third-order valence-corrected chi connectivity index (χ3v) is 4.23. The van der Waals surface area contributed by atoms with Gasteiger partial charge < -0.3 is 14.4 Å². The van der Waals surface area contributed by atoms with Gasteiger partial charge in [-0.05, 0) is 43.5 Å². The molecule has 1 aromatic carbocycles. The first-order chi connectivity index (χ1) is 12.1. The van der Waals surface area contributed by atoms with Crippen LogP contribution in [0.1, 0.15) is 25.3 Å². The van der Waals surface area contributed by atoms with Crippen LogP contribution in [0.15, 0.2) is 52.8 Å². The smallest absolute Gasteiger partial charge is 0.348 e. The highest BCUT2D eigenvalue weighted by atomic mass is 16.5. The van der Waals surface area contributed by atoms with Crippen molar-refractivity contribution in [2.45, 2.75) is 19.8 Å². The Morgan fingerprint density at radius 2 is 2.12 bits per heavy atom. The number of benzene rings is 1. The number of carbonyl (C=O) groups excluding carboxylic acids is 1. The molecule has 1 heterocycles. The summed E-state index contributed by atoms with van der Waals surface area (Å²) >= 11 is 0. The van der Waals surface area contributed by atoms with Crippen LogP contribution in [0, 0.1) is 11.3 Å². The van der Waals surface area contributed by atoms with E-state index in [9.17, 15) is 10.1 Å². The number of nitriles is 1. The Morgan fingerprint density at radius 1 is 1.36 bits per heavy atom. The summed E-state index contributed by atoms with van der Waals surface area (Å²) in [6.07, 6.45) is 3.13. The van der Waals surface area contributed by atoms with Crippen molar-refractivity contribution in [3.63, 3.8) is 0 Å². The van der Waals surface area contributed by atoms with E-state index in [1.807, 2.05) is 44.4 Å². The van der Waals surface area contributed by atoms with E-state index in [-0.39, 0.29) is 12.2 Å². The number of ether oxygens (including phenoxy) is 2. The normalized spacial score (nSPS) is 16.0. The van der Waals surface area contributed by atoms with Crippen molar-refractivity contribution in [1.82, 2.24) is 4.90 Å². The van der Waals surface area contributed by atoms with Gasteiger partial charge in [-0.2, -0.15) is 5.26 Å². The summed E-state index contributed by atoms with van der Waals surface area (Å²) in [7, 11) is 4.02. The summed E-state index contributed by atoms with van der Waals surface area (Å²) in [5.41, 5.74) is 4.14. The molecule has 1 aromatic rings. The second-order valence-electron chi connectivity index (χ2n) is 6.06. The van der Waals surface area contributed by atoms with Gasteiger partial charge in [0.2, 0.25) is 0 Å². The molecule has 5 heteroatoms. The predicted molar refractivity (Wildman–Crippen MR) is 94.3 cm³/mol. The maximum Gasteiger partial charge on any atom is 0.348 e. The maximum atomic E-state index is 11.9. The molecule has 128 valence electrons. The molecule has 3 rings (SSSR count). The maximum absolute atomic E-state index is 11.9. The Morgan fingerprint density at radius 3 is 2.80 bits per heavy atom. The van der Waals surface area contributed by atoms with Gasteiger partial charge in [0, 0.05) is 25.2 Å². The molecule has 1 aliphatic carbocycles. The summed E-state index contributed by atoms with van der Waals surface area (Å²) in [5, 5.41) is 9.27. The molecule has 1 aliphatic heterocycles. The molecule has 0 N–H and O–H groups in total. The average Bonchev–Trinajstić information content (AvgIpc) is 2.99. The molecule has 0 saturated carbocycles. The number of allylic oxidation sites excluding steroid dienone is 3. The van der Waals surface area contributed by atoms with Gasteiger partial charge in [0.1, 0.15) is 23.2 Å². The topological polar surface area (TPSA) is 62.6 Å². The minimum Gasteiger partial charge on any atom is -0.462 e. The van der Waals surface area contributed by atoms with E-state index in [2.05, 4.69) is 4.90 Å². The second-order valence-corrected chi connectivity index (χ2v) is 6.06. The van der Waals surface area contributed by atoms with Crippen molar-refractivity contribution in [2.75, 3.05) is 20.7 Å². The molecule has 0 spiro atoms. The van der Waals surface area contributed by atoms with Gasteiger partial charge in [0.25, 0.3) is 0 Å². The third-order valence-electron chi connectivity index (χ3n) is 4.23. The first-order valence-electron chi connectivity index (χ1n) is 8.27. The standard InChI is InChI=1S/C20H20N2O3/c1-4-24-20(23)14(12-21)11-13-9-10-16-18(22(2)3)15-7-5-6-8-17(15)25-19(13)16/h5-8,11H,4,9-10H2,1-3H3/b14-11+. The van der Waals surface area contributed by atoms with Crippen molar-refractivity contribution in [1.29, 1.82) is 5.26 Å². The molecule has 0 bridgehead atoms. The van der Waals surface area contributed by atoms with E-state index < -0.39 is 5.97 Å². The van der Waals surface area contributed by atoms with E-state index in [4.69, 9.17) is 9.47 Å². The quantitative estimate of drug-likeness (QED) is 0.479. The van der Waals surface area contributed by atoms with Crippen molar-refractivity contribution in [3.8, 4) is 11.8 Å². The minimum atomic E-state index is -0.598. The highest BCUT2D eigenvalue weighted by Gasteiger charge is 2.31. The fourth-order valence-corrected chi connectivity index (χ4v) is 3.23. The van der Waals surface area contributed by atoms with Crippen molar-refractivity contribution in [3.05, 3.63) is 58.4 Å². The molecule has 0 saturated heterocycles. The number of carbonyl (C=O) groups is 1. The lowest BCUT2D eigenvalue weighted by Crippen LogP contribution is -2.18. The van der Waals surface area contributed by atoms with E-state index in [1.54, 1.807) is 13.0 Å². The Kier molecular flexibility index (Phi) is 4.62. The number of hydrogen-bond donors (Lipinski definition) is 0. The van der Waals surface area contributed by atoms with Gasteiger partial charge in [-0.3, -0.25) is 0 Å². The van der Waals surface area contributed by atoms with Crippen LogP contribution in [0.25, 0.3) is 5.70 Å². The fourth-order valence-electron chi connectivity index (χ4n) is 3.23. The van der Waals surface area contributed by atoms with Gasteiger partial charge in [-0.15, -0.1) is 0 Å². The SMILES string of the molecule is CCOC(=O)/C(C#N)=C/C1=C2Oc3ccccc3C(N(C)C)=C2CC1. The van der Waals surface area contributed by atoms with Crippen molar-refractivity contribution in [2.24, 2.45) is 0 Å². The van der Waals surface area contributed by atoms with E-state index >= 15 is 0 Å². The van der Waals surface area contributed by atoms with Crippen LogP contribution in [0.5, 0.6) is 5.75 Å². The Hall–Kier alpha value is -3.00. The molecule has 0 amide bonds. The summed E-state index contributed by atoms with van der Waals surface area (Å²) in [6, 6.07) is 9.83. The Bertz CT molecular complexity index is 854. The molecule has 0 atom stereocenters. The van der Waals surface area contributed by atoms with Crippen molar-refractivity contribution >= 4 is 11.7 Å². The second kappa shape index (κ2) is 6.86. The fraction of sp³-hybridized carbons (Fsp3) is 0.300. The lowest BCUT2D eigenvalue weighted by Gasteiger charge is -2.28. The van der Waals surface area contributed by atoms with Gasteiger partial charge in [-0.25, -0.2) is 4.79 Å². The average molecular weight is 336 g/mol. The number of fused-ring (bicyclic) bond motifs is 2. The predicted octanol–water partition coefficient (Wildman–Crippen LogP) is 3.41. The van der Waals surface area contributed by atoms with Crippen LogP contribution < -0.4 is 4.74 Å². The molecule has 0 radical (unpaired) electrons. The lowest BCUT2D eigenvalue weighted by atomic mass is 10.0. The summed E-state index contributed by atoms with van der Waals surface area (Å²) in [4.78, 5) is 14.0. The Labute approximate surface area is 147 Å². The summed E-state index contributed by atoms with van der Waals surface area (Å²) < 4.78 is 11.1. The molecule has 0 fully saturated rings. The van der Waals surface area contributed by atoms with E-state index in [1.165, 1.54) is 0 Å². The highest BCUT2D eigenvalue weighted by molar-refractivity contribution is 5.93. The molecular weight excluding hydrogens is 316 g/mol. The number of esters is 1. The van der Waals surface area contributed by atoms with Crippen LogP contribution >= 0.6 is 0 Å². The van der Waals surface area contributed by atoms with Crippen LogP contribution in [0.4, 0.5) is 0 Å². The number of nitrogens with zero attached hydrogens (tertiary/aromatic N) is 2. The molecular formula is C20H20N2O3. The zero-order valence-electron chi connectivity index (χ0n) is 14.6. The van der Waals surface area contributed by atoms with Gasteiger partial charge >= 0.3 is 5.97 Å². The monoisotopic (exact) mass is 336 g/mol. The van der Waals surface area contributed by atoms with E-state index in [0.717, 1.165) is 46.8 Å². The molecule has 0 aromatic heterocycles. The van der Waals surface area contributed by atoms with Crippen LogP contribution in [-0.4, -0.2) is 31.6 Å². The zero-order valence-corrected chi connectivity index (χ0v) is 14.6. The summed E-state index contributed by atoms with van der Waals surface area (Å²) in [5.74, 6) is 0.936. The Balaban J connectivity index is 2.11. The first-order valence-corrected chi connectivity index (χ1v) is 8.27. The van der Waals surface area contributed by atoms with Gasteiger partial charge in [-0.1, -0.05) is 12.1 Å². The van der Waals surface area contributed by atoms with Gasteiger partial charge in [0.05, 0.1) is 12.3 Å². The number of rotatable bonds is 4. The zero-order chi connectivity index (χ0) is 18.0. The molecule has 5 nitrogen and oxygen atoms in total. The van der Waals surface area contributed by atoms with Crippen LogP contribution in [0.3, 0.4) is 0 Å². The minimum absolute atomic E-state index is 0.000498. The lowest BCUT2D eigenvalue weighted by molar-refractivity contribution is -0.138. The largest absolute Gasteiger partial charge is 0.462 e. The summed E-state index contributed by atoms with van der Waals surface area (Å²) in [6.45, 7) is 1.96. The number of hydrogen-bond acceptors (Lipinski definition) is 5. The van der Waals surface area contributed by atoms with Gasteiger partial charge in [0.15, 0.2) is 0 Å². The highest BCUT2D eigenvalue weighted by Crippen LogP contribution is 2.45. The van der Waals surface area contributed by atoms with Crippen molar-refractivity contribution < 1.29 is 14.3 Å². The van der Waals surface area contributed by atoms with Crippen LogP contribution in [0.2, 0.25) is 0 Å². The first kappa shape index (κ1) is 16.8. The third kappa shape index (κ3) is 3.03. The number of para-hydroxylation sites is 1. The molecule has 0 unspecified atom stereocenters.